The Bertz CT molecular complexity index is 1040. The van der Waals surface area contributed by atoms with Gasteiger partial charge in [-0.05, 0) is 42.8 Å². The zero-order valence-electron chi connectivity index (χ0n) is 14.9. The quantitative estimate of drug-likeness (QED) is 0.470. The van der Waals surface area contributed by atoms with Gasteiger partial charge in [0.15, 0.2) is 5.16 Å². The third kappa shape index (κ3) is 3.70. The van der Waals surface area contributed by atoms with Crippen LogP contribution in [0.5, 0.6) is 5.75 Å². The molecule has 0 saturated heterocycles. The van der Waals surface area contributed by atoms with Gasteiger partial charge in [-0.3, -0.25) is 4.57 Å². The third-order valence-electron chi connectivity index (χ3n) is 4.02. The Kier molecular flexibility index (Phi) is 4.88. The molecule has 0 radical (unpaired) electrons. The van der Waals surface area contributed by atoms with E-state index in [2.05, 4.69) is 33.4 Å². The van der Waals surface area contributed by atoms with Gasteiger partial charge in [-0.25, -0.2) is 0 Å². The van der Waals surface area contributed by atoms with Crippen molar-refractivity contribution in [2.24, 2.45) is 0 Å². The van der Waals surface area contributed by atoms with Crippen LogP contribution in [0.15, 0.2) is 64.4 Å². The molecule has 0 spiro atoms. The van der Waals surface area contributed by atoms with Gasteiger partial charge in [-0.1, -0.05) is 30.0 Å². The highest BCUT2D eigenvalue weighted by Gasteiger charge is 2.13. The summed E-state index contributed by atoms with van der Waals surface area (Å²) in [6.07, 6.45) is 1.71. The second kappa shape index (κ2) is 7.63. The number of ether oxygens (including phenoxy) is 1. The van der Waals surface area contributed by atoms with Crippen LogP contribution in [-0.4, -0.2) is 32.1 Å². The molecule has 2 heterocycles. The Hall–Kier alpha value is -3.13. The standard InChI is InChI=1S/C19H17N5O2S/c1-13-5-3-4-6-16(13)24-12-20-23-19(24)27-11-17-21-22-18(26-17)14-7-9-15(25-2)10-8-14/h3-10,12H,11H2,1-2H3. The number of para-hydroxylation sites is 1. The predicted molar refractivity (Wildman–Crippen MR) is 102 cm³/mol. The maximum atomic E-state index is 5.77. The molecule has 2 aromatic carbocycles. The predicted octanol–water partition coefficient (Wildman–Crippen LogP) is 3.93. The fraction of sp³-hybridized carbons (Fsp3) is 0.158. The van der Waals surface area contributed by atoms with E-state index in [4.69, 9.17) is 9.15 Å². The van der Waals surface area contributed by atoms with Gasteiger partial charge in [-0.15, -0.1) is 20.4 Å². The fourth-order valence-corrected chi connectivity index (χ4v) is 3.37. The summed E-state index contributed by atoms with van der Waals surface area (Å²) in [5.74, 6) is 2.30. The first-order valence-electron chi connectivity index (χ1n) is 8.30. The summed E-state index contributed by atoms with van der Waals surface area (Å²) in [4.78, 5) is 0. The first-order valence-corrected chi connectivity index (χ1v) is 9.29. The average molecular weight is 379 g/mol. The van der Waals surface area contributed by atoms with Crippen molar-refractivity contribution in [3.8, 4) is 22.9 Å². The summed E-state index contributed by atoms with van der Waals surface area (Å²) in [6.45, 7) is 2.06. The molecule has 0 aliphatic heterocycles. The van der Waals surface area contributed by atoms with E-state index in [9.17, 15) is 0 Å². The molecule has 0 saturated carbocycles. The number of aromatic nitrogens is 5. The molecular formula is C19H17N5O2S. The minimum absolute atomic E-state index is 0.480. The van der Waals surface area contributed by atoms with Gasteiger partial charge in [-0.2, -0.15) is 0 Å². The molecule has 7 nitrogen and oxygen atoms in total. The maximum absolute atomic E-state index is 5.77. The van der Waals surface area contributed by atoms with Crippen LogP contribution in [0.4, 0.5) is 0 Å². The van der Waals surface area contributed by atoms with Crippen LogP contribution < -0.4 is 4.74 Å². The maximum Gasteiger partial charge on any atom is 0.247 e. The van der Waals surface area contributed by atoms with Gasteiger partial charge in [0.05, 0.1) is 18.6 Å². The molecule has 8 heteroatoms. The van der Waals surface area contributed by atoms with Crippen molar-refractivity contribution in [1.29, 1.82) is 0 Å². The summed E-state index contributed by atoms with van der Waals surface area (Å²) in [7, 11) is 1.63. The third-order valence-corrected chi connectivity index (χ3v) is 4.95. The molecule has 4 aromatic rings. The first-order chi connectivity index (χ1) is 13.2. The van der Waals surface area contributed by atoms with Crippen LogP contribution in [0.1, 0.15) is 11.5 Å². The lowest BCUT2D eigenvalue weighted by molar-refractivity contribution is 0.415. The number of aryl methyl sites for hydroxylation is 1. The van der Waals surface area contributed by atoms with Gasteiger partial charge < -0.3 is 9.15 Å². The van der Waals surface area contributed by atoms with Crippen molar-refractivity contribution in [1.82, 2.24) is 25.0 Å². The van der Waals surface area contributed by atoms with E-state index in [1.807, 2.05) is 47.0 Å². The van der Waals surface area contributed by atoms with Crippen LogP contribution >= 0.6 is 11.8 Å². The number of benzene rings is 2. The topological polar surface area (TPSA) is 78.9 Å². The summed E-state index contributed by atoms with van der Waals surface area (Å²) in [6, 6.07) is 15.6. The Balaban J connectivity index is 1.48. The van der Waals surface area contributed by atoms with Crippen molar-refractivity contribution < 1.29 is 9.15 Å². The Morgan fingerprint density at radius 1 is 1.04 bits per heavy atom. The van der Waals surface area contributed by atoms with E-state index in [0.29, 0.717) is 17.5 Å². The van der Waals surface area contributed by atoms with E-state index in [0.717, 1.165) is 27.7 Å². The minimum Gasteiger partial charge on any atom is -0.497 e. The van der Waals surface area contributed by atoms with Gasteiger partial charge in [0.2, 0.25) is 11.8 Å². The van der Waals surface area contributed by atoms with Crippen LogP contribution in [0.3, 0.4) is 0 Å². The Labute approximate surface area is 160 Å². The van der Waals surface area contributed by atoms with E-state index in [1.54, 1.807) is 13.4 Å². The lowest BCUT2D eigenvalue weighted by Crippen LogP contribution is -1.97. The summed E-state index contributed by atoms with van der Waals surface area (Å²) in [5.41, 5.74) is 3.05. The molecule has 0 N–H and O–H groups in total. The molecule has 0 bridgehead atoms. The fourth-order valence-electron chi connectivity index (χ4n) is 2.61. The minimum atomic E-state index is 0.480. The number of nitrogens with zero attached hydrogens (tertiary/aromatic N) is 5. The van der Waals surface area contributed by atoms with Gasteiger partial charge >= 0.3 is 0 Å². The van der Waals surface area contributed by atoms with Gasteiger partial charge in [0.1, 0.15) is 12.1 Å². The second-order valence-electron chi connectivity index (χ2n) is 5.79. The molecule has 0 fully saturated rings. The molecule has 0 atom stereocenters. The lowest BCUT2D eigenvalue weighted by Gasteiger charge is -2.08. The highest BCUT2D eigenvalue weighted by molar-refractivity contribution is 7.98. The van der Waals surface area contributed by atoms with Crippen LogP contribution in [0.25, 0.3) is 17.1 Å². The molecule has 4 rings (SSSR count). The molecule has 136 valence electrons. The molecule has 0 aliphatic rings. The van der Waals surface area contributed by atoms with Crippen molar-refractivity contribution >= 4 is 11.8 Å². The number of hydrogen-bond donors (Lipinski definition) is 0. The van der Waals surface area contributed by atoms with Crippen molar-refractivity contribution in [2.75, 3.05) is 7.11 Å². The number of rotatable bonds is 6. The summed E-state index contributed by atoms with van der Waals surface area (Å²) < 4.78 is 12.9. The Morgan fingerprint density at radius 2 is 1.85 bits per heavy atom. The molecule has 0 amide bonds. The van der Waals surface area contributed by atoms with Crippen molar-refractivity contribution in [2.45, 2.75) is 17.8 Å². The van der Waals surface area contributed by atoms with E-state index >= 15 is 0 Å². The largest absolute Gasteiger partial charge is 0.497 e. The van der Waals surface area contributed by atoms with Gasteiger partial charge in [0, 0.05) is 5.56 Å². The number of methoxy groups -OCH3 is 1. The van der Waals surface area contributed by atoms with Crippen LogP contribution in [0.2, 0.25) is 0 Å². The lowest BCUT2D eigenvalue weighted by atomic mass is 10.2. The molecule has 27 heavy (non-hydrogen) atoms. The highest BCUT2D eigenvalue weighted by Crippen LogP contribution is 2.26. The summed E-state index contributed by atoms with van der Waals surface area (Å²) >= 11 is 1.50. The highest BCUT2D eigenvalue weighted by atomic mass is 32.2. The normalized spacial score (nSPS) is 10.9. The number of thioether (sulfide) groups is 1. The van der Waals surface area contributed by atoms with E-state index < -0.39 is 0 Å². The smallest absolute Gasteiger partial charge is 0.247 e. The van der Waals surface area contributed by atoms with Crippen molar-refractivity contribution in [3.05, 3.63) is 66.3 Å². The summed E-state index contributed by atoms with van der Waals surface area (Å²) in [5, 5.41) is 17.3. The number of hydrogen-bond acceptors (Lipinski definition) is 7. The Morgan fingerprint density at radius 3 is 2.63 bits per heavy atom. The van der Waals surface area contributed by atoms with Crippen LogP contribution in [-0.2, 0) is 5.75 Å². The molecule has 0 aliphatic carbocycles. The van der Waals surface area contributed by atoms with Crippen molar-refractivity contribution in [3.63, 3.8) is 0 Å². The monoisotopic (exact) mass is 379 g/mol. The zero-order chi connectivity index (χ0) is 18.6. The first kappa shape index (κ1) is 17.3. The molecule has 2 aromatic heterocycles. The molecule has 0 unspecified atom stereocenters. The van der Waals surface area contributed by atoms with E-state index in [-0.39, 0.29) is 0 Å². The van der Waals surface area contributed by atoms with E-state index in [1.165, 1.54) is 11.8 Å². The zero-order valence-corrected chi connectivity index (χ0v) is 15.7. The van der Waals surface area contributed by atoms with Gasteiger partial charge in [0.25, 0.3) is 0 Å². The van der Waals surface area contributed by atoms with Crippen LogP contribution in [0, 0.1) is 6.92 Å². The average Bonchev–Trinajstić information content (AvgIpc) is 3.36. The second-order valence-corrected chi connectivity index (χ2v) is 6.73. The SMILES string of the molecule is COc1ccc(-c2nnc(CSc3nncn3-c3ccccc3C)o2)cc1. The molecular weight excluding hydrogens is 362 g/mol.